The Morgan fingerprint density at radius 1 is 1.16 bits per heavy atom. The van der Waals surface area contributed by atoms with Crippen molar-refractivity contribution in [2.24, 2.45) is 0 Å². The zero-order valence-electron chi connectivity index (χ0n) is 10.3. The van der Waals surface area contributed by atoms with E-state index in [-0.39, 0.29) is 19.0 Å². The first-order chi connectivity index (χ1) is 9.24. The summed E-state index contributed by atoms with van der Waals surface area (Å²) < 4.78 is 6.38. The fourth-order valence-electron chi connectivity index (χ4n) is 1.72. The molecule has 1 aromatic carbocycles. The van der Waals surface area contributed by atoms with Crippen LogP contribution in [0.1, 0.15) is 0 Å². The maximum atomic E-state index is 12.0. The number of nitrogens with one attached hydrogen (secondary N) is 1. The van der Waals surface area contributed by atoms with Crippen molar-refractivity contribution in [3.05, 3.63) is 40.9 Å². The molecule has 2 N–H and O–H groups in total. The smallest absolute Gasteiger partial charge is 0.344 e. The van der Waals surface area contributed by atoms with E-state index in [2.05, 4.69) is 5.32 Å². The van der Waals surface area contributed by atoms with Crippen molar-refractivity contribution in [1.29, 1.82) is 0 Å². The van der Waals surface area contributed by atoms with Crippen molar-refractivity contribution in [2.45, 2.75) is 0 Å². The van der Waals surface area contributed by atoms with Gasteiger partial charge in [0.1, 0.15) is 6.54 Å². The molecule has 1 aromatic heterocycles. The minimum Gasteiger partial charge on any atom is -0.710 e. The third-order valence-electron chi connectivity index (χ3n) is 2.58. The van der Waals surface area contributed by atoms with Crippen LogP contribution >= 0.6 is 0 Å². The van der Waals surface area contributed by atoms with E-state index in [9.17, 15) is 10.4 Å². The summed E-state index contributed by atoms with van der Waals surface area (Å²) >= 11 is 0. The lowest BCUT2D eigenvalue weighted by molar-refractivity contribution is -0.618. The number of aliphatic hydroxyl groups is 1. The van der Waals surface area contributed by atoms with Gasteiger partial charge in [-0.15, -0.1) is 0 Å². The zero-order valence-corrected chi connectivity index (χ0v) is 10.3. The van der Waals surface area contributed by atoms with Crippen LogP contribution in [0.4, 0.5) is 5.82 Å². The largest absolute Gasteiger partial charge is 0.710 e. The van der Waals surface area contributed by atoms with Gasteiger partial charge in [0.25, 0.3) is 11.7 Å². The highest BCUT2D eigenvalue weighted by Crippen LogP contribution is 2.07. The molecule has 7 heteroatoms. The van der Waals surface area contributed by atoms with Crippen molar-refractivity contribution in [2.75, 3.05) is 31.7 Å². The first-order valence-corrected chi connectivity index (χ1v) is 5.91. The van der Waals surface area contributed by atoms with Gasteiger partial charge >= 0.3 is 5.82 Å². The van der Waals surface area contributed by atoms with E-state index in [4.69, 9.17) is 9.84 Å². The first kappa shape index (κ1) is 13.3. The number of benzene rings is 1. The topological polar surface area (TPSA) is 95.4 Å². The maximum absolute atomic E-state index is 12.0. The van der Waals surface area contributed by atoms with E-state index in [1.807, 2.05) is 0 Å². The Morgan fingerprint density at radius 2 is 1.89 bits per heavy atom. The highest BCUT2D eigenvalue weighted by atomic mass is 16.5. The standard InChI is InChI=1S/C12H15N3O4/c16-6-8-19-7-5-13-12-9-14(17)10-3-1-2-4-11(10)15(12)18/h1-4,9,13,16H,5-8H2. The Morgan fingerprint density at radius 3 is 2.63 bits per heavy atom. The number of ether oxygens (including phenoxy) is 1. The minimum absolute atomic E-state index is 0.0436. The second-order valence-corrected chi connectivity index (χ2v) is 3.89. The van der Waals surface area contributed by atoms with Gasteiger partial charge < -0.3 is 20.3 Å². The maximum Gasteiger partial charge on any atom is 0.344 e. The van der Waals surface area contributed by atoms with Gasteiger partial charge in [0.05, 0.1) is 19.8 Å². The molecule has 0 radical (unpaired) electrons. The number of fused-ring (bicyclic) bond motifs is 1. The molecule has 0 unspecified atom stereocenters. The van der Waals surface area contributed by atoms with Crippen LogP contribution in [0, 0.1) is 10.4 Å². The summed E-state index contributed by atoms with van der Waals surface area (Å²) in [7, 11) is 0. The summed E-state index contributed by atoms with van der Waals surface area (Å²) in [6.45, 7) is 0.920. The average molecular weight is 265 g/mol. The average Bonchev–Trinajstić information content (AvgIpc) is 2.44. The van der Waals surface area contributed by atoms with Crippen LogP contribution in [0.2, 0.25) is 0 Å². The van der Waals surface area contributed by atoms with Crippen LogP contribution < -0.4 is 14.8 Å². The molecule has 102 valence electrons. The Bertz CT molecular complexity index is 562. The molecule has 0 fully saturated rings. The number of aromatic nitrogens is 2. The Kier molecular flexibility index (Phi) is 4.32. The van der Waals surface area contributed by atoms with Crippen LogP contribution in [-0.4, -0.2) is 31.5 Å². The fraction of sp³-hybridized carbons (Fsp3) is 0.333. The fourth-order valence-corrected chi connectivity index (χ4v) is 1.72. The van der Waals surface area contributed by atoms with E-state index in [1.165, 1.54) is 6.20 Å². The lowest BCUT2D eigenvalue weighted by Gasteiger charge is -2.11. The van der Waals surface area contributed by atoms with Crippen LogP contribution in [-0.2, 0) is 4.74 Å². The molecule has 0 aliphatic heterocycles. The lowest BCUT2D eigenvalue weighted by atomic mass is 10.3. The second-order valence-electron chi connectivity index (χ2n) is 3.89. The molecule has 0 saturated carbocycles. The number of rotatable bonds is 6. The second kappa shape index (κ2) is 6.17. The van der Waals surface area contributed by atoms with Crippen molar-refractivity contribution in [3.63, 3.8) is 0 Å². The first-order valence-electron chi connectivity index (χ1n) is 5.91. The highest BCUT2D eigenvalue weighted by molar-refractivity contribution is 5.67. The molecular formula is C12H15N3O4. The van der Waals surface area contributed by atoms with Gasteiger partial charge in [-0.1, -0.05) is 12.1 Å². The van der Waals surface area contributed by atoms with Gasteiger partial charge in [0.2, 0.25) is 5.52 Å². The quantitative estimate of drug-likeness (QED) is 0.418. The number of para-hydroxylation sites is 2. The van der Waals surface area contributed by atoms with Crippen molar-refractivity contribution in [3.8, 4) is 0 Å². The van der Waals surface area contributed by atoms with E-state index in [0.29, 0.717) is 33.6 Å². The molecule has 0 amide bonds. The summed E-state index contributed by atoms with van der Waals surface area (Å²) in [5, 5.41) is 35.1. The lowest BCUT2D eigenvalue weighted by Crippen LogP contribution is -2.40. The van der Waals surface area contributed by atoms with Gasteiger partial charge in [-0.05, 0) is 6.07 Å². The van der Waals surface area contributed by atoms with Gasteiger partial charge in [0.15, 0.2) is 0 Å². The number of aliphatic hydroxyl groups excluding tert-OH is 1. The molecule has 1 heterocycles. The van der Waals surface area contributed by atoms with Crippen molar-refractivity contribution in [1.82, 2.24) is 0 Å². The van der Waals surface area contributed by atoms with E-state index in [1.54, 1.807) is 24.3 Å². The molecular weight excluding hydrogens is 250 g/mol. The van der Waals surface area contributed by atoms with Crippen LogP contribution in [0.25, 0.3) is 11.0 Å². The molecule has 0 atom stereocenters. The van der Waals surface area contributed by atoms with Crippen molar-refractivity contribution < 1.29 is 19.3 Å². The normalized spacial score (nSPS) is 10.8. The van der Waals surface area contributed by atoms with E-state index >= 15 is 0 Å². The Hall–Kier alpha value is -2.12. The molecule has 0 aliphatic rings. The molecule has 0 saturated heterocycles. The summed E-state index contributed by atoms with van der Waals surface area (Å²) in [4.78, 5) is 0. The van der Waals surface area contributed by atoms with Gasteiger partial charge in [0, 0.05) is 6.07 Å². The summed E-state index contributed by atoms with van der Waals surface area (Å²) in [6, 6.07) is 6.58. The molecule has 2 aromatic rings. The zero-order chi connectivity index (χ0) is 13.7. The van der Waals surface area contributed by atoms with E-state index in [0.717, 1.165) is 0 Å². The van der Waals surface area contributed by atoms with Crippen LogP contribution in [0.3, 0.4) is 0 Å². The third kappa shape index (κ3) is 3.01. The predicted octanol–water partition coefficient (Wildman–Crippen LogP) is -0.473. The SMILES string of the molecule is [O-][n+]1cc(NCCOCCO)[n+]([O-])c2ccccc21. The molecule has 0 spiro atoms. The summed E-state index contributed by atoms with van der Waals surface area (Å²) in [5.41, 5.74) is 0.623. The number of anilines is 1. The van der Waals surface area contributed by atoms with Gasteiger partial charge in [-0.2, -0.15) is 4.73 Å². The number of hydrogen-bond donors (Lipinski definition) is 2. The molecule has 7 nitrogen and oxygen atoms in total. The third-order valence-corrected chi connectivity index (χ3v) is 2.58. The molecule has 19 heavy (non-hydrogen) atoms. The van der Waals surface area contributed by atoms with Gasteiger partial charge in [-0.25, -0.2) is 4.73 Å². The Balaban J connectivity index is 2.13. The Labute approximate surface area is 109 Å². The summed E-state index contributed by atoms with van der Waals surface area (Å²) in [6.07, 6.45) is 1.20. The van der Waals surface area contributed by atoms with Gasteiger partial charge in [-0.3, -0.25) is 5.32 Å². The van der Waals surface area contributed by atoms with E-state index < -0.39 is 0 Å². The van der Waals surface area contributed by atoms with Crippen LogP contribution in [0.15, 0.2) is 30.5 Å². The number of hydrogen-bond acceptors (Lipinski definition) is 5. The predicted molar refractivity (Wildman–Crippen MR) is 68.3 cm³/mol. The molecule has 0 bridgehead atoms. The highest BCUT2D eigenvalue weighted by Gasteiger charge is 2.15. The minimum atomic E-state index is -0.0436. The van der Waals surface area contributed by atoms with Crippen LogP contribution in [0.5, 0.6) is 0 Å². The number of nitrogens with zero attached hydrogens (tertiary/aromatic N) is 2. The molecule has 0 aliphatic carbocycles. The molecule has 2 rings (SSSR count). The van der Waals surface area contributed by atoms with Crippen molar-refractivity contribution >= 4 is 16.9 Å². The monoisotopic (exact) mass is 265 g/mol. The summed E-state index contributed by atoms with van der Waals surface area (Å²) in [5.74, 6) is 0.168.